The molecule has 0 spiro atoms. The summed E-state index contributed by atoms with van der Waals surface area (Å²) in [5, 5.41) is 0. The van der Waals surface area contributed by atoms with Gasteiger partial charge in [0, 0.05) is 12.1 Å². The number of carbonyl (C=O) groups excluding carboxylic acids is 1. The third-order valence-corrected chi connectivity index (χ3v) is 3.86. The van der Waals surface area contributed by atoms with Gasteiger partial charge < -0.3 is 4.42 Å². The van der Waals surface area contributed by atoms with E-state index in [0.717, 1.165) is 5.69 Å². The van der Waals surface area contributed by atoms with Gasteiger partial charge in [0.25, 0.3) is 5.91 Å². The van der Waals surface area contributed by atoms with Crippen LogP contribution in [0.2, 0.25) is 0 Å². The summed E-state index contributed by atoms with van der Waals surface area (Å²) in [5.74, 6) is 0.506. The molecule has 0 atom stereocenters. The van der Waals surface area contributed by atoms with Gasteiger partial charge in [0.2, 0.25) is 0 Å². The highest BCUT2D eigenvalue weighted by atomic mass is 32.2. The summed E-state index contributed by atoms with van der Waals surface area (Å²) in [4.78, 5) is 17.3. The number of anilines is 1. The number of nitrogens with zero attached hydrogens (tertiary/aromatic N) is 1. The maximum atomic E-state index is 12.3. The van der Waals surface area contributed by atoms with Crippen LogP contribution in [0.4, 0.5) is 5.69 Å². The van der Waals surface area contributed by atoms with Crippen molar-refractivity contribution >= 4 is 46.0 Å². The van der Waals surface area contributed by atoms with E-state index in [9.17, 15) is 4.79 Å². The molecule has 0 saturated carbocycles. The van der Waals surface area contributed by atoms with Gasteiger partial charge >= 0.3 is 0 Å². The third-order valence-electron chi connectivity index (χ3n) is 2.56. The van der Waals surface area contributed by atoms with E-state index in [-0.39, 0.29) is 5.91 Å². The first-order chi connectivity index (χ1) is 9.25. The number of aromatic nitrogens is 1. The zero-order valence-electron chi connectivity index (χ0n) is 9.70. The van der Waals surface area contributed by atoms with Crippen molar-refractivity contribution in [1.29, 1.82) is 0 Å². The quantitative estimate of drug-likeness (QED) is 0.629. The first-order valence-corrected chi connectivity index (χ1v) is 6.76. The normalized spacial score (nSPS) is 17.5. The van der Waals surface area contributed by atoms with Gasteiger partial charge in [0.05, 0.1) is 11.2 Å². The van der Waals surface area contributed by atoms with Gasteiger partial charge in [-0.05, 0) is 18.2 Å². The lowest BCUT2D eigenvalue weighted by Crippen LogP contribution is -2.28. The summed E-state index contributed by atoms with van der Waals surface area (Å²) >= 11 is 6.52. The van der Waals surface area contributed by atoms with Gasteiger partial charge in [-0.2, -0.15) is 0 Å². The van der Waals surface area contributed by atoms with Gasteiger partial charge in [-0.15, -0.1) is 0 Å². The topological polar surface area (TPSA) is 47.6 Å². The largest absolute Gasteiger partial charge is 0.465 e. The number of rotatable bonds is 2. The Morgan fingerprint density at radius 2 is 2.26 bits per heavy atom. The molecular weight excluding hydrogens is 280 g/mol. The van der Waals surface area contributed by atoms with Crippen LogP contribution in [0.3, 0.4) is 0 Å². The van der Waals surface area contributed by atoms with E-state index in [1.165, 1.54) is 16.7 Å². The van der Waals surface area contributed by atoms with E-state index >= 15 is 0 Å². The molecule has 0 radical (unpaired) electrons. The number of amides is 1. The Kier molecular flexibility index (Phi) is 3.18. The molecule has 0 bridgehead atoms. The minimum Gasteiger partial charge on any atom is -0.465 e. The molecule has 19 heavy (non-hydrogen) atoms. The fraction of sp³-hybridized carbons (Fsp3) is 0. The van der Waals surface area contributed by atoms with Crippen LogP contribution in [-0.2, 0) is 4.79 Å². The zero-order chi connectivity index (χ0) is 13.2. The van der Waals surface area contributed by atoms with Gasteiger partial charge in [0.15, 0.2) is 16.7 Å². The summed E-state index contributed by atoms with van der Waals surface area (Å²) in [6, 6.07) is 7.22. The highest BCUT2D eigenvalue weighted by Crippen LogP contribution is 2.35. The highest BCUT2D eigenvalue weighted by molar-refractivity contribution is 8.27. The number of H-pyrrole nitrogens is 1. The molecule has 94 valence electrons. The molecule has 2 aromatic heterocycles. The SMILES string of the molecule is O=C1C(=Cc2ccco2)SC(=S)N1c1ccc[nH+]c1. The number of thiocarbonyl (C=S) groups is 1. The van der Waals surface area contributed by atoms with Crippen LogP contribution in [0.1, 0.15) is 5.76 Å². The van der Waals surface area contributed by atoms with Crippen molar-refractivity contribution < 1.29 is 14.2 Å². The van der Waals surface area contributed by atoms with Gasteiger partial charge in [-0.25, -0.2) is 4.98 Å². The Labute approximate surface area is 119 Å². The predicted molar refractivity (Wildman–Crippen MR) is 77.4 cm³/mol. The lowest BCUT2D eigenvalue weighted by molar-refractivity contribution is -0.377. The van der Waals surface area contributed by atoms with Crippen molar-refractivity contribution in [3.8, 4) is 0 Å². The van der Waals surface area contributed by atoms with E-state index in [4.69, 9.17) is 16.6 Å². The second-order valence-electron chi connectivity index (χ2n) is 3.79. The minimum atomic E-state index is -0.133. The van der Waals surface area contributed by atoms with Crippen LogP contribution in [0.5, 0.6) is 0 Å². The molecule has 1 fully saturated rings. The summed E-state index contributed by atoms with van der Waals surface area (Å²) < 4.78 is 5.73. The van der Waals surface area contributed by atoms with Gasteiger partial charge in [0.1, 0.15) is 11.4 Å². The summed E-state index contributed by atoms with van der Waals surface area (Å²) in [7, 11) is 0. The number of pyridine rings is 1. The summed E-state index contributed by atoms with van der Waals surface area (Å²) in [6.07, 6.45) is 6.78. The molecule has 1 N–H and O–H groups in total. The molecule has 6 heteroatoms. The van der Waals surface area contributed by atoms with Gasteiger partial charge in [-0.3, -0.25) is 9.69 Å². The lowest BCUT2D eigenvalue weighted by atomic mass is 10.3. The zero-order valence-corrected chi connectivity index (χ0v) is 11.3. The first-order valence-electron chi connectivity index (χ1n) is 5.53. The Balaban J connectivity index is 1.94. The molecule has 0 aliphatic carbocycles. The van der Waals surface area contributed by atoms with E-state index in [0.29, 0.717) is 15.0 Å². The average molecular weight is 289 g/mol. The van der Waals surface area contributed by atoms with Crippen molar-refractivity contribution in [2.24, 2.45) is 0 Å². The van der Waals surface area contributed by atoms with Crippen molar-refractivity contribution in [2.75, 3.05) is 4.90 Å². The van der Waals surface area contributed by atoms with Crippen molar-refractivity contribution in [3.05, 3.63) is 53.6 Å². The molecule has 4 nitrogen and oxygen atoms in total. The van der Waals surface area contributed by atoms with Crippen LogP contribution in [0, 0.1) is 0 Å². The fourth-order valence-corrected chi connectivity index (χ4v) is 2.99. The molecule has 3 heterocycles. The Morgan fingerprint density at radius 1 is 1.37 bits per heavy atom. The van der Waals surface area contributed by atoms with Crippen LogP contribution < -0.4 is 9.88 Å². The van der Waals surface area contributed by atoms with Crippen molar-refractivity contribution in [2.45, 2.75) is 0 Å². The second kappa shape index (κ2) is 4.99. The number of carbonyl (C=O) groups is 1. The van der Waals surface area contributed by atoms with Crippen LogP contribution >= 0.6 is 24.0 Å². The van der Waals surface area contributed by atoms with Gasteiger partial charge in [-0.1, -0.05) is 24.0 Å². The number of furan rings is 1. The monoisotopic (exact) mass is 289 g/mol. The van der Waals surface area contributed by atoms with Crippen LogP contribution in [0.25, 0.3) is 6.08 Å². The van der Waals surface area contributed by atoms with Crippen LogP contribution in [0.15, 0.2) is 52.2 Å². The standard InChI is InChI=1S/C13H8N2O2S2/c16-12-11(7-10-4-2-6-17-10)19-13(18)15(12)9-3-1-5-14-8-9/h1-8H/p+1. The number of thioether (sulfide) groups is 1. The third kappa shape index (κ3) is 2.32. The van der Waals surface area contributed by atoms with Crippen molar-refractivity contribution in [1.82, 2.24) is 0 Å². The molecule has 0 unspecified atom stereocenters. The average Bonchev–Trinajstić information content (AvgIpc) is 3.01. The van der Waals surface area contributed by atoms with E-state index in [2.05, 4.69) is 4.98 Å². The number of aromatic amines is 1. The highest BCUT2D eigenvalue weighted by Gasteiger charge is 2.34. The van der Waals surface area contributed by atoms with Crippen molar-refractivity contribution in [3.63, 3.8) is 0 Å². The second-order valence-corrected chi connectivity index (χ2v) is 5.47. The number of hydrogen-bond acceptors (Lipinski definition) is 4. The van der Waals surface area contributed by atoms with E-state index < -0.39 is 0 Å². The molecular formula is C13H9N2O2S2+. The Bertz CT molecular complexity index is 651. The first kappa shape index (κ1) is 12.1. The molecule has 1 amide bonds. The molecule has 0 aromatic carbocycles. The van der Waals surface area contributed by atoms with Crippen LogP contribution in [-0.4, -0.2) is 10.2 Å². The molecule has 2 aromatic rings. The molecule has 1 aliphatic rings. The number of nitrogens with one attached hydrogen (secondary N) is 1. The minimum absolute atomic E-state index is 0.133. The Hall–Kier alpha value is -1.92. The maximum absolute atomic E-state index is 12.3. The molecule has 1 aliphatic heterocycles. The molecule has 3 rings (SSSR count). The fourth-order valence-electron chi connectivity index (χ4n) is 1.72. The number of hydrogen-bond donors (Lipinski definition) is 0. The van der Waals surface area contributed by atoms with E-state index in [1.54, 1.807) is 36.9 Å². The summed E-state index contributed by atoms with van der Waals surface area (Å²) in [6.45, 7) is 0. The smallest absolute Gasteiger partial charge is 0.271 e. The lowest BCUT2D eigenvalue weighted by Gasteiger charge is -2.11. The maximum Gasteiger partial charge on any atom is 0.271 e. The Morgan fingerprint density at radius 3 is 2.95 bits per heavy atom. The van der Waals surface area contributed by atoms with E-state index in [1.807, 2.05) is 12.1 Å². The predicted octanol–water partition coefficient (Wildman–Crippen LogP) is 2.50. The summed E-state index contributed by atoms with van der Waals surface area (Å²) in [5.41, 5.74) is 0.729. The molecule has 1 saturated heterocycles.